The van der Waals surface area contributed by atoms with Crippen molar-refractivity contribution in [3.05, 3.63) is 32.7 Å². The Morgan fingerprint density at radius 1 is 1.36 bits per heavy atom. The van der Waals surface area contributed by atoms with Gasteiger partial charge in [-0.3, -0.25) is 29.4 Å². The maximum Gasteiger partial charge on any atom is 0.326 e. The summed E-state index contributed by atoms with van der Waals surface area (Å²) in [5, 5.41) is 10.7. The summed E-state index contributed by atoms with van der Waals surface area (Å²) in [5.74, 6) is -0.872. The molecule has 0 unspecified atom stereocenters. The Balaban J connectivity index is 1.80. The van der Waals surface area contributed by atoms with Crippen molar-refractivity contribution in [2.24, 2.45) is 0 Å². The number of imide groups is 1. The first-order chi connectivity index (χ1) is 13.4. The number of hydrogen-bond acceptors (Lipinski definition) is 9. The van der Waals surface area contributed by atoms with Crippen LogP contribution in [0.3, 0.4) is 0 Å². The molecule has 2 amide bonds. The molecule has 10 nitrogen and oxygen atoms in total. The summed E-state index contributed by atoms with van der Waals surface area (Å²) in [4.78, 5) is 47.8. The Bertz CT molecular complexity index is 882. The molecule has 0 atom stereocenters. The first-order valence-electron chi connectivity index (χ1n) is 8.39. The fourth-order valence-corrected chi connectivity index (χ4v) is 3.33. The van der Waals surface area contributed by atoms with E-state index in [0.717, 1.165) is 11.3 Å². The van der Waals surface area contributed by atoms with Crippen molar-refractivity contribution in [3.63, 3.8) is 0 Å². The van der Waals surface area contributed by atoms with Crippen LogP contribution in [-0.2, 0) is 14.3 Å². The quantitative estimate of drug-likeness (QED) is 0.220. The molecule has 0 aliphatic carbocycles. The molecule has 0 radical (unpaired) electrons. The Labute approximate surface area is 163 Å². The number of rotatable bonds is 7. The number of amides is 2. The van der Waals surface area contributed by atoms with Gasteiger partial charge in [0.1, 0.15) is 6.54 Å². The number of carbonyl (C=O) groups excluding carboxylic acids is 3. The molecule has 0 spiro atoms. The van der Waals surface area contributed by atoms with Crippen LogP contribution < -0.4 is 9.47 Å². The Morgan fingerprint density at radius 2 is 2.07 bits per heavy atom. The summed E-state index contributed by atoms with van der Waals surface area (Å²) < 4.78 is 15.3. The van der Waals surface area contributed by atoms with Crippen LogP contribution in [0.2, 0.25) is 0 Å². The number of unbranched alkanes of at least 4 members (excludes halogenated alkanes) is 1. The van der Waals surface area contributed by atoms with Gasteiger partial charge >= 0.3 is 5.97 Å². The van der Waals surface area contributed by atoms with E-state index in [1.807, 2.05) is 6.92 Å². The Hall–Kier alpha value is -3.08. The Kier molecular flexibility index (Phi) is 5.83. The predicted molar refractivity (Wildman–Crippen MR) is 97.8 cm³/mol. The summed E-state index contributed by atoms with van der Waals surface area (Å²) in [7, 11) is 0. The zero-order valence-electron chi connectivity index (χ0n) is 14.8. The largest absolute Gasteiger partial charge is 0.464 e. The summed E-state index contributed by atoms with van der Waals surface area (Å²) in [6.07, 6.45) is 2.75. The molecule has 28 heavy (non-hydrogen) atoms. The van der Waals surface area contributed by atoms with Gasteiger partial charge in [-0.05, 0) is 30.3 Å². The number of esters is 1. The second kappa shape index (κ2) is 8.30. The summed E-state index contributed by atoms with van der Waals surface area (Å²) in [5.41, 5.74) is -0.208. The van der Waals surface area contributed by atoms with Gasteiger partial charge in [-0.1, -0.05) is 13.3 Å². The van der Waals surface area contributed by atoms with Crippen molar-refractivity contribution >= 4 is 40.6 Å². The number of benzene rings is 1. The number of nitrogens with zero attached hydrogens (tertiary/aromatic N) is 2. The summed E-state index contributed by atoms with van der Waals surface area (Å²) >= 11 is 0.597. The lowest BCUT2D eigenvalue weighted by molar-refractivity contribution is -0.385. The van der Waals surface area contributed by atoms with Crippen LogP contribution in [0.5, 0.6) is 11.5 Å². The topological polar surface area (TPSA) is 125 Å². The molecule has 3 rings (SSSR count). The molecule has 1 aromatic carbocycles. The molecule has 0 bridgehead atoms. The zero-order chi connectivity index (χ0) is 20.3. The van der Waals surface area contributed by atoms with Gasteiger partial charge < -0.3 is 14.2 Å². The first-order valence-corrected chi connectivity index (χ1v) is 9.21. The molecule has 2 aliphatic rings. The molecular weight excluding hydrogens is 392 g/mol. The number of ether oxygens (including phenoxy) is 3. The molecule has 0 aromatic heterocycles. The van der Waals surface area contributed by atoms with Crippen LogP contribution in [0.1, 0.15) is 25.3 Å². The number of nitro benzene ring substituents is 1. The molecule has 2 aliphatic heterocycles. The minimum absolute atomic E-state index is 0.0340. The lowest BCUT2D eigenvalue weighted by atomic mass is 10.1. The van der Waals surface area contributed by atoms with Crippen molar-refractivity contribution in [2.45, 2.75) is 19.8 Å². The van der Waals surface area contributed by atoms with Gasteiger partial charge in [-0.15, -0.1) is 0 Å². The highest BCUT2D eigenvalue weighted by atomic mass is 32.2. The van der Waals surface area contributed by atoms with Crippen molar-refractivity contribution in [1.82, 2.24) is 4.90 Å². The third-order valence-corrected chi connectivity index (χ3v) is 4.83. The lowest BCUT2D eigenvalue weighted by Crippen LogP contribution is -2.34. The molecular formula is C17H16N2O8S. The maximum absolute atomic E-state index is 12.5. The highest BCUT2D eigenvalue weighted by molar-refractivity contribution is 8.18. The van der Waals surface area contributed by atoms with Gasteiger partial charge in [0.05, 0.1) is 28.1 Å². The molecule has 0 N–H and O–H groups in total. The van der Waals surface area contributed by atoms with Crippen molar-refractivity contribution in [2.75, 3.05) is 19.9 Å². The number of thioether (sulfide) groups is 1. The van der Waals surface area contributed by atoms with Crippen LogP contribution in [-0.4, -0.2) is 46.9 Å². The standard InChI is InChI=1S/C17H16N2O8S/c1-2-3-4-25-15(20)8-18-16(21)14(28-17(18)22)6-10-5-12-13(27-9-26-12)7-11(10)19(23)24/h5-7H,2-4,8-9H2,1H3/b14-6-. The predicted octanol–water partition coefficient (Wildman–Crippen LogP) is 2.70. The van der Waals surface area contributed by atoms with E-state index in [1.165, 1.54) is 18.2 Å². The molecule has 0 saturated carbocycles. The van der Waals surface area contributed by atoms with E-state index in [-0.39, 0.29) is 35.3 Å². The molecule has 11 heteroatoms. The van der Waals surface area contributed by atoms with Crippen LogP contribution in [0.15, 0.2) is 17.0 Å². The van der Waals surface area contributed by atoms with E-state index < -0.39 is 28.6 Å². The number of hydrogen-bond donors (Lipinski definition) is 0. The number of nitro groups is 1. The molecule has 1 saturated heterocycles. The van der Waals surface area contributed by atoms with E-state index in [9.17, 15) is 24.5 Å². The SMILES string of the molecule is CCCCOC(=O)CN1C(=O)S/C(=C\c2cc3c(cc2[N+](=O)[O-])OCO3)C1=O. The first kappa shape index (κ1) is 19.7. The average Bonchev–Trinajstić information content (AvgIpc) is 3.20. The highest BCUT2D eigenvalue weighted by Crippen LogP contribution is 2.40. The van der Waals surface area contributed by atoms with Crippen molar-refractivity contribution in [3.8, 4) is 11.5 Å². The second-order valence-electron chi connectivity index (χ2n) is 5.86. The number of carbonyl (C=O) groups is 3. The maximum atomic E-state index is 12.5. The normalized spacial score (nSPS) is 16.8. The van der Waals surface area contributed by atoms with Crippen LogP contribution >= 0.6 is 11.8 Å². The van der Waals surface area contributed by atoms with Gasteiger partial charge in [0.15, 0.2) is 11.5 Å². The lowest BCUT2D eigenvalue weighted by Gasteiger charge is -2.11. The van der Waals surface area contributed by atoms with Crippen LogP contribution in [0.4, 0.5) is 10.5 Å². The van der Waals surface area contributed by atoms with Gasteiger partial charge in [0.2, 0.25) is 6.79 Å². The van der Waals surface area contributed by atoms with Crippen molar-refractivity contribution < 1.29 is 33.5 Å². The summed E-state index contributed by atoms with van der Waals surface area (Å²) in [6, 6.07) is 2.57. The van der Waals surface area contributed by atoms with E-state index in [2.05, 4.69) is 0 Å². The van der Waals surface area contributed by atoms with E-state index in [0.29, 0.717) is 23.9 Å². The smallest absolute Gasteiger partial charge is 0.326 e. The fraction of sp³-hybridized carbons (Fsp3) is 0.353. The minimum Gasteiger partial charge on any atom is -0.464 e. The highest BCUT2D eigenvalue weighted by Gasteiger charge is 2.37. The van der Waals surface area contributed by atoms with Gasteiger partial charge in [-0.25, -0.2) is 0 Å². The van der Waals surface area contributed by atoms with Gasteiger partial charge in [0, 0.05) is 0 Å². The van der Waals surface area contributed by atoms with E-state index in [1.54, 1.807) is 0 Å². The third-order valence-electron chi connectivity index (χ3n) is 3.93. The zero-order valence-corrected chi connectivity index (χ0v) is 15.7. The van der Waals surface area contributed by atoms with Gasteiger partial charge in [-0.2, -0.15) is 0 Å². The summed E-state index contributed by atoms with van der Waals surface area (Å²) in [6.45, 7) is 1.58. The monoisotopic (exact) mass is 408 g/mol. The van der Waals surface area contributed by atoms with E-state index >= 15 is 0 Å². The fourth-order valence-electron chi connectivity index (χ4n) is 2.50. The Morgan fingerprint density at radius 3 is 2.75 bits per heavy atom. The van der Waals surface area contributed by atoms with Crippen LogP contribution in [0.25, 0.3) is 6.08 Å². The average molecular weight is 408 g/mol. The minimum atomic E-state index is -0.714. The van der Waals surface area contributed by atoms with Gasteiger partial charge in [0.25, 0.3) is 16.8 Å². The third kappa shape index (κ3) is 4.09. The van der Waals surface area contributed by atoms with Crippen molar-refractivity contribution in [1.29, 1.82) is 0 Å². The number of fused-ring (bicyclic) bond motifs is 1. The molecule has 1 fully saturated rings. The van der Waals surface area contributed by atoms with Crippen LogP contribution in [0, 0.1) is 10.1 Å². The molecule has 2 heterocycles. The second-order valence-corrected chi connectivity index (χ2v) is 6.86. The van der Waals surface area contributed by atoms with E-state index in [4.69, 9.17) is 14.2 Å². The molecule has 148 valence electrons. The molecule has 1 aromatic rings.